The van der Waals surface area contributed by atoms with Crippen molar-refractivity contribution < 1.29 is 23.6 Å². The Kier molecular flexibility index (Phi) is 13.3. The second-order valence-electron chi connectivity index (χ2n) is 9.33. The molecule has 10 nitrogen and oxygen atoms in total. The SMILES string of the molecule is N#CN=C(N)N(CCCCCCOc1ccc(Cl)cc1)c1cc[n+](C(OC=O)OCCC2CCNCC2)cc1. The largest absolute Gasteiger partial charge is 0.494 e. The van der Waals surface area contributed by atoms with Gasteiger partial charge in [-0.05, 0) is 75.4 Å². The van der Waals surface area contributed by atoms with Crippen LogP contribution in [0.5, 0.6) is 5.75 Å². The van der Waals surface area contributed by atoms with E-state index in [-0.39, 0.29) is 5.96 Å². The van der Waals surface area contributed by atoms with E-state index in [1.165, 1.54) is 0 Å². The van der Waals surface area contributed by atoms with Crippen molar-refractivity contribution in [2.45, 2.75) is 51.4 Å². The van der Waals surface area contributed by atoms with E-state index in [9.17, 15) is 4.79 Å². The van der Waals surface area contributed by atoms with E-state index in [1.807, 2.05) is 36.4 Å². The van der Waals surface area contributed by atoms with Gasteiger partial charge in [-0.1, -0.05) is 24.4 Å². The number of hydrogen-bond donors (Lipinski definition) is 2. The maximum atomic E-state index is 11.1. The van der Waals surface area contributed by atoms with E-state index in [4.69, 9.17) is 36.8 Å². The molecule has 1 atom stereocenters. The normalized spacial score (nSPS) is 14.8. The highest BCUT2D eigenvalue weighted by Crippen LogP contribution is 2.19. The fourth-order valence-corrected chi connectivity index (χ4v) is 4.56. The summed E-state index contributed by atoms with van der Waals surface area (Å²) < 4.78 is 18.5. The van der Waals surface area contributed by atoms with E-state index < -0.39 is 6.41 Å². The third-order valence-corrected chi connectivity index (χ3v) is 6.86. The lowest BCUT2D eigenvalue weighted by molar-refractivity contribution is -0.799. The van der Waals surface area contributed by atoms with Crippen molar-refractivity contribution >= 4 is 29.7 Å². The van der Waals surface area contributed by atoms with Gasteiger partial charge in [-0.15, -0.1) is 9.56 Å². The molecule has 1 aromatic carbocycles. The minimum absolute atomic E-state index is 0.125. The van der Waals surface area contributed by atoms with Crippen LogP contribution in [0.25, 0.3) is 0 Å². The molecule has 0 radical (unpaired) electrons. The van der Waals surface area contributed by atoms with Crippen LogP contribution in [0.15, 0.2) is 53.8 Å². The number of aliphatic imine (C=N–C) groups is 1. The molecule has 11 heteroatoms. The van der Waals surface area contributed by atoms with Gasteiger partial charge in [0.25, 0.3) is 6.47 Å². The number of ether oxygens (including phenoxy) is 3. The highest BCUT2D eigenvalue weighted by atomic mass is 35.5. The quantitative estimate of drug-likeness (QED) is 0.0605. The number of piperidine rings is 1. The topological polar surface area (TPSA) is 126 Å². The van der Waals surface area contributed by atoms with Crippen molar-refractivity contribution in [3.63, 3.8) is 0 Å². The van der Waals surface area contributed by atoms with Crippen LogP contribution in [-0.2, 0) is 14.3 Å². The maximum absolute atomic E-state index is 11.1. The van der Waals surface area contributed by atoms with Crippen molar-refractivity contribution in [2.75, 3.05) is 37.7 Å². The van der Waals surface area contributed by atoms with Crippen LogP contribution in [0.3, 0.4) is 0 Å². The van der Waals surface area contributed by atoms with Gasteiger partial charge < -0.3 is 25.4 Å². The molecule has 0 saturated carbocycles. The van der Waals surface area contributed by atoms with E-state index in [0.717, 1.165) is 69.5 Å². The number of nitrogens with one attached hydrogen (secondary N) is 1. The van der Waals surface area contributed by atoms with Gasteiger partial charge in [0.1, 0.15) is 5.75 Å². The highest BCUT2D eigenvalue weighted by Gasteiger charge is 2.22. The number of guanidine groups is 1. The van der Waals surface area contributed by atoms with Gasteiger partial charge in [-0.3, -0.25) is 9.53 Å². The molecule has 1 aromatic heterocycles. The van der Waals surface area contributed by atoms with Crippen molar-refractivity contribution in [1.29, 1.82) is 5.26 Å². The number of nitriles is 1. The van der Waals surface area contributed by atoms with Gasteiger partial charge in [-0.25, -0.2) is 0 Å². The summed E-state index contributed by atoms with van der Waals surface area (Å²) >= 11 is 5.90. The molecule has 1 unspecified atom stereocenters. The van der Waals surface area contributed by atoms with Crippen LogP contribution in [0.4, 0.5) is 5.69 Å². The second-order valence-corrected chi connectivity index (χ2v) is 9.77. The fraction of sp³-hybridized carbons (Fsp3) is 0.500. The van der Waals surface area contributed by atoms with E-state index >= 15 is 0 Å². The van der Waals surface area contributed by atoms with Gasteiger partial charge in [-0.2, -0.15) is 5.26 Å². The van der Waals surface area contributed by atoms with Gasteiger partial charge in [0.15, 0.2) is 12.4 Å². The molecule has 39 heavy (non-hydrogen) atoms. The number of rotatable bonds is 16. The van der Waals surface area contributed by atoms with Crippen LogP contribution >= 0.6 is 11.6 Å². The Morgan fingerprint density at radius 2 is 1.87 bits per heavy atom. The van der Waals surface area contributed by atoms with Gasteiger partial charge in [0, 0.05) is 23.7 Å². The Morgan fingerprint density at radius 1 is 1.15 bits per heavy atom. The minimum atomic E-state index is -0.855. The molecule has 1 aliphatic rings. The number of halogens is 1. The molecule has 0 amide bonds. The smallest absolute Gasteiger partial charge is 0.425 e. The number of nitrogens with two attached hydrogens (primary N) is 1. The molecule has 2 heterocycles. The van der Waals surface area contributed by atoms with Crippen LogP contribution in [0, 0.1) is 17.4 Å². The third kappa shape index (κ3) is 10.7. The Balaban J connectivity index is 1.48. The minimum Gasteiger partial charge on any atom is -0.494 e. The van der Waals surface area contributed by atoms with Gasteiger partial charge >= 0.3 is 6.41 Å². The summed E-state index contributed by atoms with van der Waals surface area (Å²) in [6.07, 6.45) is 11.3. The molecular formula is C28H38ClN6O4+. The predicted octanol–water partition coefficient (Wildman–Crippen LogP) is 3.90. The number of nitrogens with zero attached hydrogens (tertiary/aromatic N) is 4. The zero-order valence-electron chi connectivity index (χ0n) is 22.2. The summed E-state index contributed by atoms with van der Waals surface area (Å²) in [5.74, 6) is 1.54. The molecule has 0 aliphatic carbocycles. The number of carbonyl (C=O) groups excluding carboxylic acids is 1. The molecule has 210 valence electrons. The van der Waals surface area contributed by atoms with E-state index in [0.29, 0.717) is 37.2 Å². The lowest BCUT2D eigenvalue weighted by atomic mass is 9.95. The van der Waals surface area contributed by atoms with Crippen LogP contribution < -0.4 is 25.3 Å². The Labute approximate surface area is 235 Å². The molecule has 1 saturated heterocycles. The zero-order chi connectivity index (χ0) is 27.7. The van der Waals surface area contributed by atoms with E-state index in [1.54, 1.807) is 28.1 Å². The molecule has 2 aromatic rings. The first-order valence-corrected chi connectivity index (χ1v) is 13.8. The number of unbranched alkanes of at least 4 members (excludes halogenated alkanes) is 3. The number of anilines is 1. The molecule has 3 rings (SSSR count). The third-order valence-electron chi connectivity index (χ3n) is 6.61. The zero-order valence-corrected chi connectivity index (χ0v) is 23.0. The molecular weight excluding hydrogens is 520 g/mol. The molecule has 3 N–H and O–H groups in total. The first kappa shape index (κ1) is 30.2. The average molecular weight is 558 g/mol. The van der Waals surface area contributed by atoms with Crippen molar-refractivity contribution in [3.8, 4) is 11.9 Å². The molecule has 0 bridgehead atoms. The summed E-state index contributed by atoms with van der Waals surface area (Å²) in [6.45, 7) is 4.17. The fourth-order valence-electron chi connectivity index (χ4n) is 4.43. The number of benzene rings is 1. The van der Waals surface area contributed by atoms with Crippen LogP contribution in [-0.4, -0.2) is 45.3 Å². The van der Waals surface area contributed by atoms with Crippen LogP contribution in [0.1, 0.15) is 51.4 Å². The Bertz CT molecular complexity index is 1060. The number of hydrogen-bond acceptors (Lipinski definition) is 7. The Morgan fingerprint density at radius 3 is 2.56 bits per heavy atom. The number of aromatic nitrogens is 1. The van der Waals surface area contributed by atoms with Gasteiger partial charge in [0.2, 0.25) is 12.2 Å². The molecule has 1 fully saturated rings. The summed E-state index contributed by atoms with van der Waals surface area (Å²) in [5.41, 5.74) is 6.87. The highest BCUT2D eigenvalue weighted by molar-refractivity contribution is 6.30. The maximum Gasteiger partial charge on any atom is 0.425 e. The Hall–Kier alpha value is -3.39. The summed E-state index contributed by atoms with van der Waals surface area (Å²) in [7, 11) is 0. The lowest BCUT2D eigenvalue weighted by Gasteiger charge is -2.23. The average Bonchev–Trinajstić information content (AvgIpc) is 2.96. The summed E-state index contributed by atoms with van der Waals surface area (Å²) in [5, 5.41) is 13.1. The lowest BCUT2D eigenvalue weighted by Crippen LogP contribution is -2.43. The monoisotopic (exact) mass is 557 g/mol. The van der Waals surface area contributed by atoms with Crippen molar-refractivity contribution in [1.82, 2.24) is 5.32 Å². The summed E-state index contributed by atoms with van der Waals surface area (Å²) in [6, 6.07) is 11.0. The first-order valence-electron chi connectivity index (χ1n) is 13.4. The second kappa shape index (κ2) is 17.2. The summed E-state index contributed by atoms with van der Waals surface area (Å²) in [4.78, 5) is 16.6. The van der Waals surface area contributed by atoms with Crippen LogP contribution in [0.2, 0.25) is 5.02 Å². The number of carbonyl (C=O) groups is 1. The number of pyridine rings is 1. The predicted molar refractivity (Wildman–Crippen MR) is 149 cm³/mol. The molecule has 0 spiro atoms. The van der Waals surface area contributed by atoms with Crippen molar-refractivity contribution in [3.05, 3.63) is 53.8 Å². The van der Waals surface area contributed by atoms with E-state index in [2.05, 4.69) is 10.3 Å². The first-order chi connectivity index (χ1) is 19.1. The standard InChI is InChI=1S/C28H38ClN6O4/c29-24-5-7-26(8-6-24)37-19-4-2-1-3-16-35(27(31)33-21-30)25-11-17-34(18-12-25)28(39-22-36)38-20-13-23-9-14-32-15-10-23/h5-8,11-12,17-18,22-23,28,32H,1-4,9-10,13-16,19-20H2,(H2,31,33)/q+1. The van der Waals surface area contributed by atoms with Crippen molar-refractivity contribution in [2.24, 2.45) is 16.6 Å². The van der Waals surface area contributed by atoms with Gasteiger partial charge in [0.05, 0.1) is 18.9 Å². The molecule has 1 aliphatic heterocycles.